The first-order valence-electron chi connectivity index (χ1n) is 16.6. The first-order chi connectivity index (χ1) is 24.5. The maximum atomic E-state index is 15.1. The first kappa shape index (κ1) is 32.8. The number of carbonyl (C=O) groups excluding carboxylic acids is 5. The fourth-order valence-corrected chi connectivity index (χ4v) is 8.82. The van der Waals surface area contributed by atoms with Crippen molar-refractivity contribution in [2.75, 3.05) is 10.3 Å². The number of furan rings is 1. The van der Waals surface area contributed by atoms with Crippen LogP contribution in [0.4, 0.5) is 15.8 Å². The van der Waals surface area contributed by atoms with Crippen molar-refractivity contribution in [1.82, 2.24) is 5.01 Å². The molecule has 0 spiro atoms. The highest BCUT2D eigenvalue weighted by Crippen LogP contribution is 2.64. The lowest BCUT2D eigenvalue weighted by Gasteiger charge is -2.49. The van der Waals surface area contributed by atoms with Crippen molar-refractivity contribution in [1.29, 1.82) is 0 Å². The molecule has 3 aromatic carbocycles. The van der Waals surface area contributed by atoms with Gasteiger partial charge in [-0.3, -0.25) is 34.3 Å². The molecule has 6 unspecified atom stereocenters. The Morgan fingerprint density at radius 1 is 0.922 bits per heavy atom. The lowest BCUT2D eigenvalue weighted by atomic mass is 9.50. The molecule has 1 saturated carbocycles. The summed E-state index contributed by atoms with van der Waals surface area (Å²) in [7, 11) is 0. The minimum Gasteiger partial charge on any atom is -0.463 e. The van der Waals surface area contributed by atoms with Crippen molar-refractivity contribution in [2.45, 2.75) is 37.7 Å². The molecule has 51 heavy (non-hydrogen) atoms. The number of benzene rings is 3. The van der Waals surface area contributed by atoms with Gasteiger partial charge in [-0.15, -0.1) is 0 Å². The summed E-state index contributed by atoms with van der Waals surface area (Å²) in [5.74, 6) is -6.20. The van der Waals surface area contributed by atoms with Crippen LogP contribution in [0.2, 0.25) is 5.02 Å². The van der Waals surface area contributed by atoms with E-state index in [4.69, 9.17) is 16.0 Å². The molecule has 0 radical (unpaired) electrons. The topological polar surface area (TPSA) is 137 Å². The van der Waals surface area contributed by atoms with Gasteiger partial charge in [-0.1, -0.05) is 35.4 Å². The number of imide groups is 2. The molecule has 2 aliphatic heterocycles. The van der Waals surface area contributed by atoms with Crippen LogP contribution in [0.5, 0.6) is 0 Å². The van der Waals surface area contributed by atoms with E-state index < -0.39 is 65.2 Å². The van der Waals surface area contributed by atoms with Gasteiger partial charge in [0.05, 0.1) is 35.0 Å². The number of hydrazine groups is 1. The van der Waals surface area contributed by atoms with Crippen LogP contribution in [0.1, 0.15) is 53.1 Å². The molecule has 3 heterocycles. The van der Waals surface area contributed by atoms with Crippen molar-refractivity contribution in [2.24, 2.45) is 23.7 Å². The smallest absolute Gasteiger partial charge is 0.260 e. The van der Waals surface area contributed by atoms with Crippen LogP contribution in [0.15, 0.2) is 101 Å². The average molecular weight is 708 g/mol. The minimum atomic E-state index is -1.59. The summed E-state index contributed by atoms with van der Waals surface area (Å²) in [6.45, 7) is 1.02. The van der Waals surface area contributed by atoms with Crippen LogP contribution in [-0.2, 0) is 31.2 Å². The number of carbonyl (C=O) groups is 5. The number of halogens is 2. The standard InChI is InChI=1S/C39H31ClFN3O7/c1-20(46)21-2-12-26(13-3-21)43-35(47)29-16-15-28-30(33(29)37(43)49)18-31-36(48)44(42-25-10-8-24(41)9-11-25)38(50)39(31,22-4-6-23(40)7-5-22)34(28)32-17-14-27(19-45)51-32/h2-15,17,29-31,33-34,42,45H,16,18-19H2,1H3. The molecule has 258 valence electrons. The van der Waals surface area contributed by atoms with E-state index >= 15 is 4.79 Å². The number of nitrogens with zero attached hydrogens (tertiary/aromatic N) is 2. The molecule has 4 aliphatic rings. The summed E-state index contributed by atoms with van der Waals surface area (Å²) >= 11 is 6.32. The molecule has 6 atom stereocenters. The summed E-state index contributed by atoms with van der Waals surface area (Å²) in [5, 5.41) is 11.3. The Labute approximate surface area is 296 Å². The number of Topliss-reactive ketones (excluding diaryl/α,β-unsaturated/α-hetero) is 1. The van der Waals surface area contributed by atoms with E-state index in [0.717, 1.165) is 9.91 Å². The SMILES string of the molecule is CC(=O)c1ccc(N2C(=O)C3CC=C4C(CC5C(=O)N(Nc6ccc(F)cc6)C(=O)C5(c5ccc(Cl)cc5)C4c4ccc(CO)o4)C3C2=O)cc1. The quantitative estimate of drug-likeness (QED) is 0.137. The molecule has 2 N–H and O–H groups in total. The predicted octanol–water partition coefficient (Wildman–Crippen LogP) is 5.96. The zero-order chi connectivity index (χ0) is 35.8. The van der Waals surface area contributed by atoms with Crippen LogP contribution < -0.4 is 10.3 Å². The second-order valence-corrected chi connectivity index (χ2v) is 13.9. The maximum Gasteiger partial charge on any atom is 0.260 e. The molecule has 12 heteroatoms. The highest BCUT2D eigenvalue weighted by Gasteiger charge is 2.71. The van der Waals surface area contributed by atoms with Gasteiger partial charge in [0.15, 0.2) is 5.78 Å². The number of hydrogen-bond acceptors (Lipinski definition) is 8. The van der Waals surface area contributed by atoms with Crippen molar-refractivity contribution in [3.8, 4) is 0 Å². The Hall–Kier alpha value is -5.39. The number of aliphatic hydroxyl groups excluding tert-OH is 1. The normalized spacial score (nSPS) is 26.9. The Kier molecular flexibility index (Phi) is 7.80. The molecule has 2 aliphatic carbocycles. The van der Waals surface area contributed by atoms with Crippen LogP contribution >= 0.6 is 11.6 Å². The van der Waals surface area contributed by atoms with E-state index in [2.05, 4.69) is 5.43 Å². The van der Waals surface area contributed by atoms with E-state index in [1.807, 2.05) is 6.08 Å². The number of aliphatic hydroxyl groups is 1. The van der Waals surface area contributed by atoms with Crippen molar-refractivity contribution < 1.29 is 37.9 Å². The second-order valence-electron chi connectivity index (χ2n) is 13.5. The van der Waals surface area contributed by atoms with Gasteiger partial charge in [-0.25, -0.2) is 4.39 Å². The number of amides is 4. The van der Waals surface area contributed by atoms with Crippen molar-refractivity contribution in [3.05, 3.63) is 130 Å². The van der Waals surface area contributed by atoms with Gasteiger partial charge in [0.1, 0.15) is 29.4 Å². The van der Waals surface area contributed by atoms with E-state index in [0.29, 0.717) is 38.9 Å². The number of fused-ring (bicyclic) bond motifs is 4. The number of anilines is 2. The monoisotopic (exact) mass is 707 g/mol. The van der Waals surface area contributed by atoms with Gasteiger partial charge in [-0.2, -0.15) is 5.01 Å². The lowest BCUT2D eigenvalue weighted by molar-refractivity contribution is -0.138. The number of rotatable bonds is 7. The number of ketones is 1. The Morgan fingerprint density at radius 2 is 1.63 bits per heavy atom. The van der Waals surface area contributed by atoms with Gasteiger partial charge in [0.2, 0.25) is 11.8 Å². The molecular weight excluding hydrogens is 677 g/mol. The van der Waals surface area contributed by atoms with Gasteiger partial charge >= 0.3 is 0 Å². The van der Waals surface area contributed by atoms with E-state index in [1.54, 1.807) is 60.7 Å². The molecular formula is C39H31ClFN3O7. The zero-order valence-electron chi connectivity index (χ0n) is 27.2. The third-order valence-corrected chi connectivity index (χ3v) is 11.2. The van der Waals surface area contributed by atoms with Crippen molar-refractivity contribution in [3.63, 3.8) is 0 Å². The molecule has 4 aromatic rings. The number of hydrogen-bond donors (Lipinski definition) is 2. The van der Waals surface area contributed by atoms with Gasteiger partial charge in [-0.05, 0) is 104 Å². The summed E-state index contributed by atoms with van der Waals surface area (Å²) in [5.41, 5.74) is 3.57. The largest absolute Gasteiger partial charge is 0.463 e. The Balaban J connectivity index is 1.28. The Morgan fingerprint density at radius 3 is 2.27 bits per heavy atom. The third kappa shape index (κ3) is 4.90. The van der Waals surface area contributed by atoms with Gasteiger partial charge < -0.3 is 9.52 Å². The maximum absolute atomic E-state index is 15.1. The third-order valence-electron chi connectivity index (χ3n) is 10.9. The van der Waals surface area contributed by atoms with Crippen LogP contribution in [0, 0.1) is 29.5 Å². The second kappa shape index (κ2) is 12.1. The Bertz CT molecular complexity index is 2150. The summed E-state index contributed by atoms with van der Waals surface area (Å²) in [6.07, 6.45) is 2.16. The highest BCUT2D eigenvalue weighted by molar-refractivity contribution is 6.30. The van der Waals surface area contributed by atoms with Gasteiger partial charge in [0.25, 0.3) is 11.8 Å². The number of nitrogens with one attached hydrogen (secondary N) is 1. The lowest BCUT2D eigenvalue weighted by Crippen LogP contribution is -2.53. The number of allylic oxidation sites excluding steroid dienone is 2. The van der Waals surface area contributed by atoms with E-state index in [1.165, 1.54) is 31.2 Å². The van der Waals surface area contributed by atoms with Gasteiger partial charge in [0, 0.05) is 10.6 Å². The fraction of sp³-hybridized carbons (Fsp3) is 0.256. The average Bonchev–Trinajstić information content (AvgIpc) is 3.77. The van der Waals surface area contributed by atoms with Crippen LogP contribution in [-0.4, -0.2) is 39.5 Å². The highest BCUT2D eigenvalue weighted by atomic mass is 35.5. The van der Waals surface area contributed by atoms with Crippen LogP contribution in [0.25, 0.3) is 0 Å². The fourth-order valence-electron chi connectivity index (χ4n) is 8.70. The molecule has 2 saturated heterocycles. The van der Waals surface area contributed by atoms with E-state index in [-0.39, 0.29) is 30.3 Å². The molecule has 8 rings (SSSR count). The van der Waals surface area contributed by atoms with Crippen molar-refractivity contribution >= 4 is 52.4 Å². The zero-order valence-corrected chi connectivity index (χ0v) is 28.0. The molecule has 1 aromatic heterocycles. The first-order valence-corrected chi connectivity index (χ1v) is 17.0. The molecule has 0 bridgehead atoms. The van der Waals surface area contributed by atoms with E-state index in [9.17, 15) is 28.7 Å². The minimum absolute atomic E-state index is 0.0575. The summed E-state index contributed by atoms with van der Waals surface area (Å²) in [6, 6.07) is 21.5. The molecule has 4 amide bonds. The summed E-state index contributed by atoms with van der Waals surface area (Å²) in [4.78, 5) is 71.2. The molecule has 10 nitrogen and oxygen atoms in total. The predicted molar refractivity (Wildman–Crippen MR) is 183 cm³/mol. The summed E-state index contributed by atoms with van der Waals surface area (Å²) < 4.78 is 20.0. The van der Waals surface area contributed by atoms with Crippen LogP contribution in [0.3, 0.4) is 0 Å². The molecule has 3 fully saturated rings.